The third kappa shape index (κ3) is 2.84. The molecule has 1 aromatic rings. The molecule has 0 aliphatic rings. The van der Waals surface area contributed by atoms with E-state index in [9.17, 15) is 5.11 Å². The first-order valence-electron chi connectivity index (χ1n) is 4.85. The molecule has 80 valence electrons. The number of phenols is 2. The summed E-state index contributed by atoms with van der Waals surface area (Å²) in [5.41, 5.74) is 1.48. The molecule has 1 rings (SSSR count). The van der Waals surface area contributed by atoms with E-state index in [1.54, 1.807) is 12.1 Å². The molecule has 0 unspecified atom stereocenters. The molecular weight excluding hydrogens is 190 g/mol. The van der Waals surface area contributed by atoms with Gasteiger partial charge in [0.25, 0.3) is 0 Å². The fraction of sp³-hybridized carbons (Fsp3) is 0.250. The second kappa shape index (κ2) is 5.20. The van der Waals surface area contributed by atoms with Crippen LogP contribution >= 0.6 is 0 Å². The quantitative estimate of drug-likeness (QED) is 0.586. The van der Waals surface area contributed by atoms with Gasteiger partial charge in [-0.25, -0.2) is 0 Å². The first-order chi connectivity index (χ1) is 7.19. The van der Waals surface area contributed by atoms with Crippen molar-refractivity contribution in [3.63, 3.8) is 0 Å². The van der Waals surface area contributed by atoms with Gasteiger partial charge < -0.3 is 10.2 Å². The van der Waals surface area contributed by atoms with Crippen molar-refractivity contribution in [1.29, 1.82) is 0 Å². The summed E-state index contributed by atoms with van der Waals surface area (Å²) in [6, 6.07) is 4.51. The molecule has 0 atom stereocenters. The van der Waals surface area contributed by atoms with Gasteiger partial charge in [0.1, 0.15) is 11.5 Å². The Morgan fingerprint density at radius 3 is 2.73 bits per heavy atom. The van der Waals surface area contributed by atoms with Gasteiger partial charge in [-0.15, -0.1) is 6.58 Å². The predicted molar refractivity (Wildman–Crippen MR) is 61.7 cm³/mol. The third-order valence-corrected chi connectivity index (χ3v) is 2.04. The molecule has 0 aromatic heterocycles. The number of aliphatic imine (C=N–C) groups is 1. The van der Waals surface area contributed by atoms with Crippen molar-refractivity contribution in [3.8, 4) is 11.5 Å². The Labute approximate surface area is 89.4 Å². The lowest BCUT2D eigenvalue weighted by Crippen LogP contribution is -2.00. The Morgan fingerprint density at radius 2 is 2.20 bits per heavy atom. The highest BCUT2D eigenvalue weighted by Gasteiger charge is 2.07. The lowest BCUT2D eigenvalue weighted by Gasteiger charge is -2.06. The summed E-state index contributed by atoms with van der Waals surface area (Å²) in [7, 11) is 0. The Hall–Kier alpha value is -1.77. The van der Waals surface area contributed by atoms with Crippen LogP contribution in [0.15, 0.2) is 35.8 Å². The number of benzene rings is 1. The van der Waals surface area contributed by atoms with E-state index in [0.717, 1.165) is 12.1 Å². The standard InChI is InChI=1S/C12H15NO2/c1-3-7-13-11(4-2)10-6-5-9(14)8-12(10)15/h3,5-6,8,14-15H,1,4,7H2,2H3/b13-11+. The molecule has 0 saturated carbocycles. The van der Waals surface area contributed by atoms with Crippen LogP contribution in [0.1, 0.15) is 18.9 Å². The van der Waals surface area contributed by atoms with Crippen LogP contribution in [0.3, 0.4) is 0 Å². The molecule has 1 aromatic carbocycles. The largest absolute Gasteiger partial charge is 0.508 e. The summed E-state index contributed by atoms with van der Waals surface area (Å²) in [6.45, 7) is 6.09. The average Bonchev–Trinajstić information content (AvgIpc) is 2.21. The smallest absolute Gasteiger partial charge is 0.128 e. The second-order valence-electron chi connectivity index (χ2n) is 3.13. The molecule has 2 N–H and O–H groups in total. The van der Waals surface area contributed by atoms with Crippen molar-refractivity contribution < 1.29 is 10.2 Å². The normalized spacial score (nSPS) is 11.4. The Morgan fingerprint density at radius 1 is 1.47 bits per heavy atom. The molecule has 0 aliphatic carbocycles. The summed E-state index contributed by atoms with van der Waals surface area (Å²) in [5, 5.41) is 18.8. The molecule has 0 saturated heterocycles. The van der Waals surface area contributed by atoms with Gasteiger partial charge in [0.2, 0.25) is 0 Å². The molecule has 0 amide bonds. The third-order valence-electron chi connectivity index (χ3n) is 2.04. The first-order valence-corrected chi connectivity index (χ1v) is 4.85. The van der Waals surface area contributed by atoms with Crippen molar-refractivity contribution in [2.75, 3.05) is 6.54 Å². The average molecular weight is 205 g/mol. The van der Waals surface area contributed by atoms with E-state index in [0.29, 0.717) is 12.1 Å². The van der Waals surface area contributed by atoms with E-state index in [1.807, 2.05) is 6.92 Å². The zero-order valence-electron chi connectivity index (χ0n) is 8.77. The topological polar surface area (TPSA) is 52.8 Å². The van der Waals surface area contributed by atoms with Gasteiger partial charge in [-0.3, -0.25) is 4.99 Å². The molecule has 0 radical (unpaired) electrons. The fourth-order valence-corrected chi connectivity index (χ4v) is 1.33. The van der Waals surface area contributed by atoms with Gasteiger partial charge in [-0.2, -0.15) is 0 Å². The van der Waals surface area contributed by atoms with E-state index in [1.165, 1.54) is 12.1 Å². The number of rotatable bonds is 4. The van der Waals surface area contributed by atoms with E-state index in [4.69, 9.17) is 5.11 Å². The summed E-state index contributed by atoms with van der Waals surface area (Å²) in [5.74, 6) is 0.107. The highest BCUT2D eigenvalue weighted by atomic mass is 16.3. The maximum atomic E-state index is 9.63. The van der Waals surface area contributed by atoms with E-state index < -0.39 is 0 Å². The molecule has 15 heavy (non-hydrogen) atoms. The van der Waals surface area contributed by atoms with Crippen molar-refractivity contribution in [1.82, 2.24) is 0 Å². The van der Waals surface area contributed by atoms with Crippen LogP contribution < -0.4 is 0 Å². The van der Waals surface area contributed by atoms with Crippen LogP contribution in [0.25, 0.3) is 0 Å². The number of hydrogen-bond acceptors (Lipinski definition) is 3. The molecule has 0 heterocycles. The van der Waals surface area contributed by atoms with Crippen LogP contribution in [0.2, 0.25) is 0 Å². The van der Waals surface area contributed by atoms with Gasteiger partial charge in [0.15, 0.2) is 0 Å². The number of aromatic hydroxyl groups is 2. The van der Waals surface area contributed by atoms with E-state index in [2.05, 4.69) is 11.6 Å². The summed E-state index contributed by atoms with van der Waals surface area (Å²) < 4.78 is 0. The minimum absolute atomic E-state index is 0.0513. The van der Waals surface area contributed by atoms with Crippen molar-refractivity contribution in [2.24, 2.45) is 4.99 Å². The van der Waals surface area contributed by atoms with Crippen molar-refractivity contribution in [2.45, 2.75) is 13.3 Å². The molecule has 3 heteroatoms. The summed E-state index contributed by atoms with van der Waals surface area (Å²) >= 11 is 0. The maximum Gasteiger partial charge on any atom is 0.128 e. The highest BCUT2D eigenvalue weighted by Crippen LogP contribution is 2.24. The van der Waals surface area contributed by atoms with Crippen molar-refractivity contribution in [3.05, 3.63) is 36.4 Å². The van der Waals surface area contributed by atoms with Crippen LogP contribution in [0.5, 0.6) is 11.5 Å². The van der Waals surface area contributed by atoms with Gasteiger partial charge in [0.05, 0.1) is 6.54 Å². The van der Waals surface area contributed by atoms with Gasteiger partial charge >= 0.3 is 0 Å². The Kier molecular flexibility index (Phi) is 3.92. The molecule has 0 fully saturated rings. The molecule has 3 nitrogen and oxygen atoms in total. The molecule has 0 spiro atoms. The Bertz CT molecular complexity index is 383. The zero-order chi connectivity index (χ0) is 11.3. The van der Waals surface area contributed by atoms with Crippen LogP contribution in [-0.4, -0.2) is 22.5 Å². The number of phenolic OH excluding ortho intramolecular Hbond substituents is 2. The number of nitrogens with zero attached hydrogens (tertiary/aromatic N) is 1. The Balaban J connectivity index is 3.07. The van der Waals surface area contributed by atoms with Gasteiger partial charge in [-0.1, -0.05) is 13.0 Å². The maximum absolute atomic E-state index is 9.63. The summed E-state index contributed by atoms with van der Waals surface area (Å²) in [6.07, 6.45) is 2.43. The fourth-order valence-electron chi connectivity index (χ4n) is 1.33. The predicted octanol–water partition coefficient (Wildman–Crippen LogP) is 2.48. The highest BCUT2D eigenvalue weighted by molar-refractivity contribution is 6.02. The zero-order valence-corrected chi connectivity index (χ0v) is 8.77. The number of hydrogen-bond donors (Lipinski definition) is 2. The van der Waals surface area contributed by atoms with Crippen LogP contribution in [-0.2, 0) is 0 Å². The second-order valence-corrected chi connectivity index (χ2v) is 3.13. The van der Waals surface area contributed by atoms with E-state index in [-0.39, 0.29) is 11.5 Å². The van der Waals surface area contributed by atoms with Gasteiger partial charge in [0, 0.05) is 17.3 Å². The molecule has 0 aliphatic heterocycles. The van der Waals surface area contributed by atoms with Crippen molar-refractivity contribution >= 4 is 5.71 Å². The van der Waals surface area contributed by atoms with Gasteiger partial charge in [-0.05, 0) is 18.6 Å². The monoisotopic (exact) mass is 205 g/mol. The first kappa shape index (κ1) is 11.3. The van der Waals surface area contributed by atoms with Crippen LogP contribution in [0.4, 0.5) is 0 Å². The molecular formula is C12H15NO2. The lowest BCUT2D eigenvalue weighted by atomic mass is 10.1. The summed E-state index contributed by atoms with van der Waals surface area (Å²) in [4.78, 5) is 4.28. The SMILES string of the molecule is C=CC/N=C(\CC)c1ccc(O)cc1O. The minimum atomic E-state index is 0.0513. The van der Waals surface area contributed by atoms with Crippen LogP contribution in [0, 0.1) is 0 Å². The van der Waals surface area contributed by atoms with E-state index >= 15 is 0 Å². The minimum Gasteiger partial charge on any atom is -0.508 e. The lowest BCUT2D eigenvalue weighted by molar-refractivity contribution is 0.450. The molecule has 0 bridgehead atoms.